The van der Waals surface area contributed by atoms with Crippen LogP contribution in [-0.2, 0) is 4.79 Å². The maximum atomic E-state index is 13.1. The van der Waals surface area contributed by atoms with E-state index in [2.05, 4.69) is 5.32 Å². The lowest BCUT2D eigenvalue weighted by molar-refractivity contribution is -0.128. The van der Waals surface area contributed by atoms with Gasteiger partial charge < -0.3 is 20.9 Å². The smallest absolute Gasteiger partial charge is 0.263 e. The van der Waals surface area contributed by atoms with Crippen LogP contribution < -0.4 is 11.1 Å². The number of nitrogens with one attached hydrogen (secondary N) is 1. The van der Waals surface area contributed by atoms with E-state index in [-0.39, 0.29) is 38.0 Å². The molecule has 1 aliphatic rings. The molecule has 1 saturated heterocycles. The van der Waals surface area contributed by atoms with Gasteiger partial charge in [0.25, 0.3) is 17.7 Å². The summed E-state index contributed by atoms with van der Waals surface area (Å²) in [5.74, 6) is -1.07. The summed E-state index contributed by atoms with van der Waals surface area (Å²) < 4.78 is 0. The molecule has 3 amide bonds. The van der Waals surface area contributed by atoms with Gasteiger partial charge in [0, 0.05) is 42.3 Å². The average Bonchev–Trinajstić information content (AvgIpc) is 3.16. The fourth-order valence-electron chi connectivity index (χ4n) is 3.33. The van der Waals surface area contributed by atoms with Gasteiger partial charge in [0.05, 0.1) is 0 Å². The molecule has 0 radical (unpaired) electrons. The third-order valence-electron chi connectivity index (χ3n) is 4.73. The molecule has 3 rings (SSSR count). The number of carbonyl (C=O) groups is 3. The second-order valence-corrected chi connectivity index (χ2v) is 7.26. The van der Waals surface area contributed by atoms with Gasteiger partial charge in [-0.25, -0.2) is 0 Å². The molecule has 0 spiro atoms. The Balaban J connectivity index is 1.90. The third kappa shape index (κ3) is 4.58. The summed E-state index contributed by atoms with van der Waals surface area (Å²) in [4.78, 5) is 41.8. The Morgan fingerprint density at radius 1 is 1.03 bits per heavy atom. The van der Waals surface area contributed by atoms with Gasteiger partial charge >= 0.3 is 0 Å². The van der Waals surface area contributed by atoms with E-state index in [1.807, 2.05) is 13.0 Å². The van der Waals surface area contributed by atoms with Gasteiger partial charge in [0.15, 0.2) is 6.17 Å². The van der Waals surface area contributed by atoms with Crippen molar-refractivity contribution in [3.63, 3.8) is 0 Å². The zero-order chi connectivity index (χ0) is 21.0. The summed E-state index contributed by atoms with van der Waals surface area (Å²) in [5.41, 5.74) is 7.30. The van der Waals surface area contributed by atoms with Crippen LogP contribution in [0.4, 0.5) is 0 Å². The molecule has 1 unspecified atom stereocenters. The van der Waals surface area contributed by atoms with Gasteiger partial charge in [0.1, 0.15) is 0 Å². The highest BCUT2D eigenvalue weighted by Gasteiger charge is 2.43. The molecule has 152 valence electrons. The lowest BCUT2D eigenvalue weighted by atomic mass is 10.1. The Labute approximate surface area is 174 Å². The Morgan fingerprint density at radius 3 is 2.24 bits per heavy atom. The van der Waals surface area contributed by atoms with Crippen LogP contribution in [0, 0.1) is 6.92 Å². The molecule has 2 aromatic rings. The first-order valence-corrected chi connectivity index (χ1v) is 9.72. The molecule has 0 saturated carbocycles. The van der Waals surface area contributed by atoms with Crippen molar-refractivity contribution < 1.29 is 14.4 Å². The second-order valence-electron chi connectivity index (χ2n) is 6.83. The second kappa shape index (κ2) is 9.07. The summed E-state index contributed by atoms with van der Waals surface area (Å²) in [7, 11) is 0. The SMILES string of the molecule is Cc1cccc(C(=O)N2CCN(C(=O)c3ccc(Cl)cc3)C2C(=O)NCCN)c1. The molecule has 8 heteroatoms. The van der Waals surface area contributed by atoms with Gasteiger partial charge in [-0.2, -0.15) is 0 Å². The summed E-state index contributed by atoms with van der Waals surface area (Å²) in [5, 5.41) is 3.21. The number of rotatable bonds is 5. The predicted octanol–water partition coefficient (Wildman–Crippen LogP) is 1.65. The van der Waals surface area contributed by atoms with Crippen LogP contribution in [-0.4, -0.2) is 59.9 Å². The first-order valence-electron chi connectivity index (χ1n) is 9.34. The normalized spacial score (nSPS) is 16.0. The Kier molecular flexibility index (Phi) is 6.51. The summed E-state index contributed by atoms with van der Waals surface area (Å²) in [6.07, 6.45) is -1.04. The standard InChI is InChI=1S/C21H23ClN4O3/c1-14-3-2-4-16(13-14)21(29)26-12-11-25(19(26)18(27)24-10-9-23)20(28)15-5-7-17(22)8-6-15/h2-8,13,19H,9-12,23H2,1H3,(H,24,27). The molecule has 29 heavy (non-hydrogen) atoms. The van der Waals surface area contributed by atoms with Crippen molar-refractivity contribution >= 4 is 29.3 Å². The molecule has 0 aliphatic carbocycles. The number of carbonyl (C=O) groups excluding carboxylic acids is 3. The maximum Gasteiger partial charge on any atom is 0.263 e. The van der Waals surface area contributed by atoms with Gasteiger partial charge in [0.2, 0.25) is 0 Å². The van der Waals surface area contributed by atoms with Crippen molar-refractivity contribution in [2.24, 2.45) is 5.73 Å². The Hall–Kier alpha value is -2.90. The largest absolute Gasteiger partial charge is 0.351 e. The predicted molar refractivity (Wildman–Crippen MR) is 111 cm³/mol. The Bertz CT molecular complexity index is 916. The minimum atomic E-state index is -1.04. The van der Waals surface area contributed by atoms with E-state index in [1.54, 1.807) is 42.5 Å². The van der Waals surface area contributed by atoms with Crippen LogP contribution in [0.3, 0.4) is 0 Å². The average molecular weight is 415 g/mol. The van der Waals surface area contributed by atoms with Crippen LogP contribution >= 0.6 is 11.6 Å². The van der Waals surface area contributed by atoms with E-state index in [1.165, 1.54) is 9.80 Å². The number of halogens is 1. The molecule has 1 heterocycles. The van der Waals surface area contributed by atoms with E-state index < -0.39 is 12.1 Å². The highest BCUT2D eigenvalue weighted by atomic mass is 35.5. The quantitative estimate of drug-likeness (QED) is 0.777. The van der Waals surface area contributed by atoms with Crippen molar-refractivity contribution in [3.8, 4) is 0 Å². The topological polar surface area (TPSA) is 95.7 Å². The molecule has 1 fully saturated rings. The Morgan fingerprint density at radius 2 is 1.66 bits per heavy atom. The summed E-state index contributed by atoms with van der Waals surface area (Å²) >= 11 is 5.90. The minimum Gasteiger partial charge on any atom is -0.351 e. The highest BCUT2D eigenvalue weighted by molar-refractivity contribution is 6.30. The molecule has 7 nitrogen and oxygen atoms in total. The molecule has 0 aromatic heterocycles. The molecular formula is C21H23ClN4O3. The number of amides is 3. The zero-order valence-corrected chi connectivity index (χ0v) is 16.9. The molecule has 1 aliphatic heterocycles. The summed E-state index contributed by atoms with van der Waals surface area (Å²) in [6, 6.07) is 13.6. The van der Waals surface area contributed by atoms with Crippen LogP contribution in [0.2, 0.25) is 5.02 Å². The molecular weight excluding hydrogens is 392 g/mol. The van der Waals surface area contributed by atoms with Gasteiger partial charge in [-0.15, -0.1) is 0 Å². The van der Waals surface area contributed by atoms with Gasteiger partial charge in [-0.3, -0.25) is 14.4 Å². The van der Waals surface area contributed by atoms with Crippen LogP contribution in [0.5, 0.6) is 0 Å². The fraction of sp³-hybridized carbons (Fsp3) is 0.286. The number of hydrogen-bond acceptors (Lipinski definition) is 4. The first-order chi connectivity index (χ1) is 13.9. The van der Waals surface area contributed by atoms with E-state index in [0.717, 1.165) is 5.56 Å². The molecule has 1 atom stereocenters. The highest BCUT2D eigenvalue weighted by Crippen LogP contribution is 2.22. The van der Waals surface area contributed by atoms with Crippen molar-refractivity contribution in [2.45, 2.75) is 13.1 Å². The fourth-order valence-corrected chi connectivity index (χ4v) is 3.45. The lowest BCUT2D eigenvalue weighted by Crippen LogP contribution is -2.54. The zero-order valence-electron chi connectivity index (χ0n) is 16.1. The van der Waals surface area contributed by atoms with Crippen molar-refractivity contribution in [3.05, 3.63) is 70.2 Å². The van der Waals surface area contributed by atoms with Crippen molar-refractivity contribution in [1.29, 1.82) is 0 Å². The number of hydrogen-bond donors (Lipinski definition) is 2. The van der Waals surface area contributed by atoms with Crippen LogP contribution in [0.15, 0.2) is 48.5 Å². The van der Waals surface area contributed by atoms with Gasteiger partial charge in [-0.05, 0) is 43.3 Å². The van der Waals surface area contributed by atoms with E-state index in [9.17, 15) is 14.4 Å². The first kappa shape index (κ1) is 20.8. The number of nitrogens with zero attached hydrogens (tertiary/aromatic N) is 2. The lowest BCUT2D eigenvalue weighted by Gasteiger charge is -2.29. The molecule has 2 aromatic carbocycles. The summed E-state index contributed by atoms with van der Waals surface area (Å²) in [6.45, 7) is 2.91. The molecule has 3 N–H and O–H groups in total. The van der Waals surface area contributed by atoms with Crippen LogP contribution in [0.1, 0.15) is 26.3 Å². The monoisotopic (exact) mass is 414 g/mol. The van der Waals surface area contributed by atoms with Crippen molar-refractivity contribution in [1.82, 2.24) is 15.1 Å². The van der Waals surface area contributed by atoms with Crippen molar-refractivity contribution in [2.75, 3.05) is 26.2 Å². The number of nitrogens with two attached hydrogens (primary N) is 1. The minimum absolute atomic E-state index is 0.250. The third-order valence-corrected chi connectivity index (χ3v) is 4.98. The maximum absolute atomic E-state index is 13.1. The van der Waals surface area contributed by atoms with Gasteiger partial charge in [-0.1, -0.05) is 29.3 Å². The number of benzene rings is 2. The van der Waals surface area contributed by atoms with E-state index >= 15 is 0 Å². The van der Waals surface area contributed by atoms with E-state index in [4.69, 9.17) is 17.3 Å². The van der Waals surface area contributed by atoms with E-state index in [0.29, 0.717) is 16.1 Å². The van der Waals surface area contributed by atoms with Crippen LogP contribution in [0.25, 0.3) is 0 Å². The number of aryl methyl sites for hydroxylation is 1. The molecule has 0 bridgehead atoms.